The molecule has 0 saturated heterocycles. The Morgan fingerprint density at radius 2 is 2.11 bits per heavy atom. The fourth-order valence-electron chi connectivity index (χ4n) is 2.54. The lowest BCUT2D eigenvalue weighted by molar-refractivity contribution is 0.636. The highest BCUT2D eigenvalue weighted by atomic mass is 79.9. The molecule has 2 aromatic carbocycles. The topological polar surface area (TPSA) is 35.8 Å². The van der Waals surface area contributed by atoms with Gasteiger partial charge >= 0.3 is 0 Å². The predicted octanol–water partition coefficient (Wildman–Crippen LogP) is 4.07. The van der Waals surface area contributed by atoms with Crippen LogP contribution in [0, 0.1) is 11.3 Å². The molecule has 1 N–H and O–H groups in total. The molecule has 1 atom stereocenters. The molecule has 0 aliphatic heterocycles. The van der Waals surface area contributed by atoms with E-state index >= 15 is 0 Å². The van der Waals surface area contributed by atoms with Crippen molar-refractivity contribution in [3.63, 3.8) is 0 Å². The van der Waals surface area contributed by atoms with E-state index in [1.165, 1.54) is 11.1 Å². The summed E-state index contributed by atoms with van der Waals surface area (Å²) in [5.74, 6) is 0.584. The highest BCUT2D eigenvalue weighted by molar-refractivity contribution is 9.10. The Bertz CT molecular complexity index is 658. The van der Waals surface area contributed by atoms with Crippen LogP contribution in [0.15, 0.2) is 46.9 Å². The number of hydrogen-bond donors (Lipinski definition) is 1. The van der Waals surface area contributed by atoms with Crippen molar-refractivity contribution in [2.24, 2.45) is 0 Å². The number of nitrogens with zero attached hydrogens (tertiary/aromatic N) is 1. The molecular weight excluding hydrogens is 300 g/mol. The van der Waals surface area contributed by atoms with E-state index in [4.69, 9.17) is 5.26 Å². The summed E-state index contributed by atoms with van der Waals surface area (Å²) in [6, 6.07) is 16.5. The van der Waals surface area contributed by atoms with Crippen molar-refractivity contribution in [2.45, 2.75) is 12.3 Å². The van der Waals surface area contributed by atoms with Gasteiger partial charge in [0, 0.05) is 22.6 Å². The Kier molecular flexibility index (Phi) is 3.27. The Hall–Kier alpha value is -1.79. The second-order valence-corrected chi connectivity index (χ2v) is 5.74. The minimum atomic E-state index is 0.584. The van der Waals surface area contributed by atoms with Crippen molar-refractivity contribution >= 4 is 21.6 Å². The third-order valence-corrected chi connectivity index (χ3v) is 4.00. The van der Waals surface area contributed by atoms with Gasteiger partial charge in [-0.05, 0) is 35.7 Å². The number of nitriles is 1. The molecule has 0 heterocycles. The fourth-order valence-corrected chi connectivity index (χ4v) is 3.04. The number of halogens is 1. The van der Waals surface area contributed by atoms with Gasteiger partial charge in [-0.2, -0.15) is 5.26 Å². The van der Waals surface area contributed by atoms with Gasteiger partial charge in [-0.25, -0.2) is 0 Å². The highest BCUT2D eigenvalue weighted by Crippen LogP contribution is 2.34. The zero-order valence-electron chi connectivity index (χ0n) is 10.4. The molecule has 2 aromatic rings. The largest absolute Gasteiger partial charge is 0.384 e. The van der Waals surface area contributed by atoms with Gasteiger partial charge in [-0.15, -0.1) is 0 Å². The van der Waals surface area contributed by atoms with Crippen LogP contribution in [0.1, 0.15) is 22.6 Å². The normalized spacial score (nSPS) is 16.1. The molecule has 0 saturated carbocycles. The van der Waals surface area contributed by atoms with Crippen LogP contribution in [0.25, 0.3) is 0 Å². The number of benzene rings is 2. The van der Waals surface area contributed by atoms with E-state index in [1.807, 2.05) is 18.2 Å². The molecule has 0 amide bonds. The Morgan fingerprint density at radius 3 is 2.89 bits per heavy atom. The van der Waals surface area contributed by atoms with E-state index in [-0.39, 0.29) is 0 Å². The molecule has 94 valence electrons. The Labute approximate surface area is 121 Å². The van der Waals surface area contributed by atoms with Crippen molar-refractivity contribution in [1.82, 2.24) is 0 Å². The maximum Gasteiger partial charge on any atom is 0.0992 e. The number of nitrogens with one attached hydrogen (secondary N) is 1. The fraction of sp³-hybridized carbons (Fsp3) is 0.188. The smallest absolute Gasteiger partial charge is 0.0992 e. The van der Waals surface area contributed by atoms with E-state index in [2.05, 4.69) is 51.6 Å². The highest BCUT2D eigenvalue weighted by Gasteiger charge is 2.24. The van der Waals surface area contributed by atoms with Gasteiger partial charge in [0.2, 0.25) is 0 Å². The van der Waals surface area contributed by atoms with Crippen LogP contribution in [0.5, 0.6) is 0 Å². The Morgan fingerprint density at radius 1 is 1.26 bits per heavy atom. The Balaban J connectivity index is 1.68. The van der Waals surface area contributed by atoms with Crippen LogP contribution in [-0.4, -0.2) is 6.54 Å². The van der Waals surface area contributed by atoms with E-state index in [1.54, 1.807) is 0 Å². The molecule has 1 aliphatic rings. The molecule has 19 heavy (non-hydrogen) atoms. The van der Waals surface area contributed by atoms with Crippen LogP contribution in [0.3, 0.4) is 0 Å². The van der Waals surface area contributed by atoms with Gasteiger partial charge < -0.3 is 5.32 Å². The molecule has 0 radical (unpaired) electrons. The van der Waals surface area contributed by atoms with Crippen molar-refractivity contribution in [2.75, 3.05) is 11.9 Å². The van der Waals surface area contributed by atoms with E-state index in [9.17, 15) is 0 Å². The van der Waals surface area contributed by atoms with Gasteiger partial charge in [-0.3, -0.25) is 0 Å². The number of anilines is 1. The number of rotatable bonds is 3. The van der Waals surface area contributed by atoms with Gasteiger partial charge in [0.15, 0.2) is 0 Å². The summed E-state index contributed by atoms with van der Waals surface area (Å²) in [7, 11) is 0. The van der Waals surface area contributed by atoms with E-state index in [0.29, 0.717) is 11.5 Å². The van der Waals surface area contributed by atoms with Crippen LogP contribution in [-0.2, 0) is 6.42 Å². The first-order valence-corrected chi connectivity index (χ1v) is 7.08. The summed E-state index contributed by atoms with van der Waals surface area (Å²) in [4.78, 5) is 0. The lowest BCUT2D eigenvalue weighted by atomic mass is 9.77. The van der Waals surface area contributed by atoms with Crippen LogP contribution in [0.4, 0.5) is 5.69 Å². The van der Waals surface area contributed by atoms with Crippen molar-refractivity contribution in [3.8, 4) is 6.07 Å². The molecule has 0 bridgehead atoms. The zero-order valence-corrected chi connectivity index (χ0v) is 11.9. The van der Waals surface area contributed by atoms with E-state index in [0.717, 1.165) is 23.1 Å². The second kappa shape index (κ2) is 5.07. The molecule has 1 aliphatic carbocycles. The van der Waals surface area contributed by atoms with Gasteiger partial charge in [0.05, 0.1) is 11.6 Å². The summed E-state index contributed by atoms with van der Waals surface area (Å²) >= 11 is 3.43. The standard InChI is InChI=1S/C16H13BrN2/c17-14-5-11(9-18)6-15(8-14)19-10-13-7-12-3-1-2-4-16(12)13/h1-6,8,13,19H,7,10H2. The van der Waals surface area contributed by atoms with Gasteiger partial charge in [-0.1, -0.05) is 40.2 Å². The maximum absolute atomic E-state index is 8.95. The SMILES string of the molecule is N#Cc1cc(Br)cc(NCC2Cc3ccccc32)c1. The van der Waals surface area contributed by atoms with Crippen LogP contribution < -0.4 is 5.32 Å². The summed E-state index contributed by atoms with van der Waals surface area (Å²) < 4.78 is 0.933. The lowest BCUT2D eigenvalue weighted by Gasteiger charge is -2.30. The minimum absolute atomic E-state index is 0.584. The van der Waals surface area contributed by atoms with Crippen LogP contribution in [0.2, 0.25) is 0 Å². The molecule has 0 spiro atoms. The average Bonchev–Trinajstić information content (AvgIpc) is 2.39. The summed E-state index contributed by atoms with van der Waals surface area (Å²) in [5.41, 5.74) is 4.58. The molecule has 1 unspecified atom stereocenters. The summed E-state index contributed by atoms with van der Waals surface area (Å²) in [6.07, 6.45) is 1.14. The molecule has 3 rings (SSSR count). The van der Waals surface area contributed by atoms with Crippen molar-refractivity contribution < 1.29 is 0 Å². The maximum atomic E-state index is 8.95. The molecular formula is C16H13BrN2. The monoisotopic (exact) mass is 312 g/mol. The first-order valence-electron chi connectivity index (χ1n) is 6.28. The van der Waals surface area contributed by atoms with Crippen molar-refractivity contribution in [1.29, 1.82) is 5.26 Å². The molecule has 2 nitrogen and oxygen atoms in total. The third-order valence-electron chi connectivity index (χ3n) is 3.54. The first-order chi connectivity index (χ1) is 9.26. The predicted molar refractivity (Wildman–Crippen MR) is 80.2 cm³/mol. The quantitative estimate of drug-likeness (QED) is 0.927. The summed E-state index contributed by atoms with van der Waals surface area (Å²) in [6.45, 7) is 0.915. The average molecular weight is 313 g/mol. The lowest BCUT2D eigenvalue weighted by Crippen LogP contribution is -2.24. The zero-order chi connectivity index (χ0) is 13.2. The second-order valence-electron chi connectivity index (χ2n) is 4.82. The van der Waals surface area contributed by atoms with Crippen LogP contribution >= 0.6 is 15.9 Å². The third kappa shape index (κ3) is 2.50. The van der Waals surface area contributed by atoms with Gasteiger partial charge in [0.25, 0.3) is 0 Å². The van der Waals surface area contributed by atoms with Crippen molar-refractivity contribution in [3.05, 3.63) is 63.6 Å². The van der Waals surface area contributed by atoms with E-state index < -0.39 is 0 Å². The number of hydrogen-bond acceptors (Lipinski definition) is 2. The first kappa shape index (κ1) is 12.3. The number of fused-ring (bicyclic) bond motifs is 1. The molecule has 0 fully saturated rings. The minimum Gasteiger partial charge on any atom is -0.384 e. The molecule has 3 heteroatoms. The van der Waals surface area contributed by atoms with Gasteiger partial charge in [0.1, 0.15) is 0 Å². The molecule has 0 aromatic heterocycles. The summed E-state index contributed by atoms with van der Waals surface area (Å²) in [5, 5.41) is 12.4.